The van der Waals surface area contributed by atoms with Crippen molar-refractivity contribution in [2.45, 2.75) is 66.6 Å². The second kappa shape index (κ2) is 9.09. The number of rotatable bonds is 9. The van der Waals surface area contributed by atoms with Crippen molar-refractivity contribution in [3.63, 3.8) is 0 Å². The van der Waals surface area contributed by atoms with Crippen molar-refractivity contribution in [2.24, 2.45) is 11.8 Å². The van der Waals surface area contributed by atoms with E-state index in [2.05, 4.69) is 58.9 Å². The van der Waals surface area contributed by atoms with Gasteiger partial charge < -0.3 is 9.47 Å². The molecule has 1 aromatic carbocycles. The van der Waals surface area contributed by atoms with Crippen LogP contribution in [0.15, 0.2) is 24.3 Å². The molecule has 2 unspecified atom stereocenters. The monoisotopic (exact) mass is 292 g/mol. The molecule has 0 fully saturated rings. The Balaban J connectivity index is 2.56. The van der Waals surface area contributed by atoms with Crippen molar-refractivity contribution in [1.29, 1.82) is 0 Å². The molecule has 0 aromatic heterocycles. The third-order valence-electron chi connectivity index (χ3n) is 3.57. The van der Waals surface area contributed by atoms with E-state index in [1.807, 2.05) is 6.92 Å². The van der Waals surface area contributed by atoms with Crippen LogP contribution in [-0.2, 0) is 4.74 Å². The van der Waals surface area contributed by atoms with Crippen LogP contribution in [0.2, 0.25) is 0 Å². The molecular weight excluding hydrogens is 260 g/mol. The van der Waals surface area contributed by atoms with Gasteiger partial charge in [0.2, 0.25) is 0 Å². The fourth-order valence-electron chi connectivity index (χ4n) is 2.48. The molecule has 0 aliphatic rings. The third-order valence-corrected chi connectivity index (χ3v) is 3.57. The summed E-state index contributed by atoms with van der Waals surface area (Å²) in [6, 6.07) is 8.52. The minimum Gasteiger partial charge on any atom is -0.465 e. The normalized spacial score (nSPS) is 14.5. The Kier molecular flexibility index (Phi) is 7.81. The van der Waals surface area contributed by atoms with Gasteiger partial charge in [0.25, 0.3) is 0 Å². The summed E-state index contributed by atoms with van der Waals surface area (Å²) in [6.07, 6.45) is 2.23. The Hall–Kier alpha value is -1.02. The zero-order valence-corrected chi connectivity index (χ0v) is 14.6. The van der Waals surface area contributed by atoms with Gasteiger partial charge >= 0.3 is 0 Å². The minimum atomic E-state index is -0.198. The van der Waals surface area contributed by atoms with Crippen molar-refractivity contribution in [1.82, 2.24) is 0 Å². The maximum atomic E-state index is 5.79. The first-order valence-electron chi connectivity index (χ1n) is 8.30. The first-order valence-corrected chi connectivity index (χ1v) is 8.30. The molecule has 0 aliphatic heterocycles. The van der Waals surface area contributed by atoms with Crippen molar-refractivity contribution >= 4 is 0 Å². The first-order chi connectivity index (χ1) is 9.92. The summed E-state index contributed by atoms with van der Waals surface area (Å²) in [5.41, 5.74) is 1.41. The van der Waals surface area contributed by atoms with Gasteiger partial charge in [-0.25, -0.2) is 0 Å². The Bertz CT molecular complexity index is 381. The predicted octanol–water partition coefficient (Wildman–Crippen LogP) is 5.62. The lowest BCUT2D eigenvalue weighted by Crippen LogP contribution is -2.19. The van der Waals surface area contributed by atoms with E-state index in [9.17, 15) is 0 Å². The van der Waals surface area contributed by atoms with Crippen LogP contribution in [0, 0.1) is 11.8 Å². The van der Waals surface area contributed by atoms with Crippen LogP contribution in [0.1, 0.15) is 65.9 Å². The van der Waals surface area contributed by atoms with Gasteiger partial charge in [-0.15, -0.1) is 0 Å². The molecule has 0 bridgehead atoms. The van der Waals surface area contributed by atoms with Gasteiger partial charge in [-0.3, -0.25) is 0 Å². The first kappa shape index (κ1) is 18.0. The highest BCUT2D eigenvalue weighted by molar-refractivity contribution is 5.29. The number of hydrogen-bond acceptors (Lipinski definition) is 2. The zero-order valence-electron chi connectivity index (χ0n) is 14.6. The van der Waals surface area contributed by atoms with E-state index in [0.29, 0.717) is 11.8 Å². The van der Waals surface area contributed by atoms with Crippen LogP contribution in [0.25, 0.3) is 0 Å². The summed E-state index contributed by atoms with van der Waals surface area (Å²) >= 11 is 0. The summed E-state index contributed by atoms with van der Waals surface area (Å²) < 4.78 is 11.4. The molecule has 0 N–H and O–H groups in total. The zero-order chi connectivity index (χ0) is 15.8. The van der Waals surface area contributed by atoms with E-state index < -0.39 is 0 Å². The van der Waals surface area contributed by atoms with Crippen molar-refractivity contribution < 1.29 is 9.47 Å². The van der Waals surface area contributed by atoms with E-state index >= 15 is 0 Å². The van der Waals surface area contributed by atoms with Gasteiger partial charge in [-0.05, 0) is 55.2 Å². The van der Waals surface area contributed by atoms with Gasteiger partial charge in [0.15, 0.2) is 6.29 Å². The standard InChI is InChI=1S/C19H32O2/c1-7-17(12-14(2)3)18-8-10-19(11-9-18)21-16(6)20-13-15(4)5/h8-11,14-17H,7,12-13H2,1-6H3. The quantitative estimate of drug-likeness (QED) is 0.550. The van der Waals surface area contributed by atoms with E-state index in [4.69, 9.17) is 9.47 Å². The minimum absolute atomic E-state index is 0.198. The van der Waals surface area contributed by atoms with Crippen LogP contribution in [0.3, 0.4) is 0 Å². The topological polar surface area (TPSA) is 18.5 Å². The molecule has 0 spiro atoms. The van der Waals surface area contributed by atoms with Crippen molar-refractivity contribution in [3.8, 4) is 5.75 Å². The Morgan fingerprint density at radius 3 is 2.00 bits per heavy atom. The molecule has 21 heavy (non-hydrogen) atoms. The lowest BCUT2D eigenvalue weighted by atomic mass is 9.88. The fraction of sp³-hybridized carbons (Fsp3) is 0.684. The third kappa shape index (κ3) is 6.99. The maximum absolute atomic E-state index is 5.79. The van der Waals surface area contributed by atoms with Gasteiger partial charge in [0.05, 0.1) is 6.61 Å². The molecular formula is C19H32O2. The van der Waals surface area contributed by atoms with Gasteiger partial charge in [-0.1, -0.05) is 46.8 Å². The summed E-state index contributed by atoms with van der Waals surface area (Å²) in [5, 5.41) is 0. The number of ether oxygens (including phenoxy) is 2. The molecule has 1 rings (SSSR count). The SMILES string of the molecule is CCC(CC(C)C)c1ccc(OC(C)OCC(C)C)cc1. The molecule has 0 radical (unpaired) electrons. The largest absolute Gasteiger partial charge is 0.465 e. The van der Waals surface area contributed by atoms with E-state index in [0.717, 1.165) is 18.3 Å². The van der Waals surface area contributed by atoms with Crippen LogP contribution in [-0.4, -0.2) is 12.9 Å². The van der Waals surface area contributed by atoms with Gasteiger partial charge in [0, 0.05) is 0 Å². The van der Waals surface area contributed by atoms with Crippen LogP contribution < -0.4 is 4.74 Å². The maximum Gasteiger partial charge on any atom is 0.196 e. The second-order valence-corrected chi connectivity index (χ2v) is 6.72. The lowest BCUT2D eigenvalue weighted by Gasteiger charge is -2.19. The summed E-state index contributed by atoms with van der Waals surface area (Å²) in [7, 11) is 0. The summed E-state index contributed by atoms with van der Waals surface area (Å²) in [6.45, 7) is 13.8. The fourth-order valence-corrected chi connectivity index (χ4v) is 2.48. The van der Waals surface area contributed by atoms with Crippen molar-refractivity contribution in [2.75, 3.05) is 6.61 Å². The van der Waals surface area contributed by atoms with E-state index in [1.54, 1.807) is 0 Å². The lowest BCUT2D eigenvalue weighted by molar-refractivity contribution is -0.0755. The van der Waals surface area contributed by atoms with Crippen LogP contribution >= 0.6 is 0 Å². The molecule has 1 aromatic rings. The average Bonchev–Trinajstić information content (AvgIpc) is 2.43. The highest BCUT2D eigenvalue weighted by atomic mass is 16.7. The van der Waals surface area contributed by atoms with Crippen LogP contribution in [0.4, 0.5) is 0 Å². The average molecular weight is 292 g/mol. The molecule has 120 valence electrons. The molecule has 0 aliphatic carbocycles. The molecule has 0 saturated heterocycles. The number of hydrogen-bond donors (Lipinski definition) is 0. The molecule has 2 heteroatoms. The number of benzene rings is 1. The second-order valence-electron chi connectivity index (χ2n) is 6.72. The van der Waals surface area contributed by atoms with E-state index in [-0.39, 0.29) is 6.29 Å². The van der Waals surface area contributed by atoms with Gasteiger partial charge in [-0.2, -0.15) is 0 Å². The smallest absolute Gasteiger partial charge is 0.196 e. The Labute approximate surface area is 130 Å². The predicted molar refractivity (Wildman–Crippen MR) is 89.8 cm³/mol. The highest BCUT2D eigenvalue weighted by Crippen LogP contribution is 2.28. The molecule has 2 atom stereocenters. The summed E-state index contributed by atoms with van der Waals surface area (Å²) in [5.74, 6) is 2.79. The Morgan fingerprint density at radius 2 is 1.52 bits per heavy atom. The van der Waals surface area contributed by atoms with Crippen molar-refractivity contribution in [3.05, 3.63) is 29.8 Å². The highest BCUT2D eigenvalue weighted by Gasteiger charge is 2.12. The van der Waals surface area contributed by atoms with E-state index in [1.165, 1.54) is 18.4 Å². The van der Waals surface area contributed by atoms with Gasteiger partial charge in [0.1, 0.15) is 5.75 Å². The summed E-state index contributed by atoms with van der Waals surface area (Å²) in [4.78, 5) is 0. The molecule has 0 heterocycles. The molecule has 0 saturated carbocycles. The molecule has 2 nitrogen and oxygen atoms in total. The molecule has 0 amide bonds. The Morgan fingerprint density at radius 1 is 0.905 bits per heavy atom. The van der Waals surface area contributed by atoms with Crippen LogP contribution in [0.5, 0.6) is 5.75 Å².